The van der Waals surface area contributed by atoms with Crippen LogP contribution in [0.3, 0.4) is 0 Å². The fourth-order valence-electron chi connectivity index (χ4n) is 2.28. The molecule has 2 amide bonds. The first-order valence-corrected chi connectivity index (χ1v) is 6.61. The third-order valence-corrected chi connectivity index (χ3v) is 4.74. The Bertz CT molecular complexity index is 425. The molecule has 0 aromatic rings. The summed E-state index contributed by atoms with van der Waals surface area (Å²) in [6.07, 6.45) is 1.10. The van der Waals surface area contributed by atoms with Gasteiger partial charge in [-0.15, -0.1) is 11.8 Å². The van der Waals surface area contributed by atoms with Crippen LogP contribution in [0.5, 0.6) is 0 Å². The molecule has 18 heavy (non-hydrogen) atoms. The lowest BCUT2D eigenvalue weighted by atomic mass is 9.95. The SMILES string of the molecule is C=CC(=O)NC1C(=O)N2C(C(=O)O)C(C)CS[C@@H]12. The summed E-state index contributed by atoms with van der Waals surface area (Å²) in [5, 5.41) is 11.4. The van der Waals surface area contributed by atoms with E-state index in [1.54, 1.807) is 0 Å². The van der Waals surface area contributed by atoms with Crippen LogP contribution in [0.15, 0.2) is 12.7 Å². The van der Waals surface area contributed by atoms with Crippen molar-refractivity contribution < 1.29 is 19.5 Å². The van der Waals surface area contributed by atoms with Gasteiger partial charge in [-0.2, -0.15) is 0 Å². The van der Waals surface area contributed by atoms with Gasteiger partial charge in [0.25, 0.3) is 0 Å². The Morgan fingerprint density at radius 3 is 2.83 bits per heavy atom. The van der Waals surface area contributed by atoms with E-state index in [0.29, 0.717) is 5.75 Å². The molecule has 0 bridgehead atoms. The van der Waals surface area contributed by atoms with Crippen LogP contribution >= 0.6 is 11.8 Å². The van der Waals surface area contributed by atoms with E-state index in [-0.39, 0.29) is 17.2 Å². The van der Waals surface area contributed by atoms with Gasteiger partial charge in [-0.3, -0.25) is 9.59 Å². The second-order valence-electron chi connectivity index (χ2n) is 4.42. The Morgan fingerprint density at radius 1 is 1.61 bits per heavy atom. The minimum absolute atomic E-state index is 0.0937. The molecular weight excluding hydrogens is 256 g/mol. The van der Waals surface area contributed by atoms with Crippen LogP contribution in [0.4, 0.5) is 0 Å². The molecule has 0 saturated carbocycles. The molecule has 0 aromatic heterocycles. The first-order chi connectivity index (χ1) is 8.47. The molecule has 2 fully saturated rings. The zero-order valence-corrected chi connectivity index (χ0v) is 10.6. The highest BCUT2D eigenvalue weighted by Gasteiger charge is 2.56. The van der Waals surface area contributed by atoms with Gasteiger partial charge in [0.05, 0.1) is 0 Å². The van der Waals surface area contributed by atoms with Crippen molar-refractivity contribution >= 4 is 29.5 Å². The summed E-state index contributed by atoms with van der Waals surface area (Å²) in [6.45, 7) is 5.13. The molecule has 0 radical (unpaired) electrons. The van der Waals surface area contributed by atoms with Gasteiger partial charge in [0, 0.05) is 5.75 Å². The van der Waals surface area contributed by atoms with Crippen molar-refractivity contribution in [2.75, 3.05) is 5.75 Å². The highest BCUT2D eigenvalue weighted by Crippen LogP contribution is 2.40. The highest BCUT2D eigenvalue weighted by atomic mass is 32.2. The maximum atomic E-state index is 11.9. The second kappa shape index (κ2) is 4.64. The molecule has 2 saturated heterocycles. The van der Waals surface area contributed by atoms with Crippen molar-refractivity contribution in [1.29, 1.82) is 0 Å². The average Bonchev–Trinajstić information content (AvgIpc) is 2.34. The van der Waals surface area contributed by atoms with Crippen LogP contribution in [-0.2, 0) is 14.4 Å². The van der Waals surface area contributed by atoms with Gasteiger partial charge in [-0.1, -0.05) is 13.5 Å². The van der Waals surface area contributed by atoms with Gasteiger partial charge in [-0.25, -0.2) is 4.79 Å². The lowest BCUT2D eigenvalue weighted by Crippen LogP contribution is -2.75. The van der Waals surface area contributed by atoms with Crippen molar-refractivity contribution in [3.63, 3.8) is 0 Å². The molecule has 98 valence electrons. The number of nitrogens with one attached hydrogen (secondary N) is 1. The molecule has 2 rings (SSSR count). The van der Waals surface area contributed by atoms with E-state index in [0.717, 1.165) is 6.08 Å². The quantitative estimate of drug-likeness (QED) is 0.541. The van der Waals surface area contributed by atoms with Crippen molar-refractivity contribution in [2.45, 2.75) is 24.4 Å². The molecule has 2 N–H and O–H groups in total. The lowest BCUT2D eigenvalue weighted by molar-refractivity contribution is -0.164. The number of nitrogens with zero attached hydrogens (tertiary/aromatic N) is 1. The van der Waals surface area contributed by atoms with Crippen LogP contribution in [0.2, 0.25) is 0 Å². The summed E-state index contributed by atoms with van der Waals surface area (Å²) in [5.74, 6) is -1.18. The molecular formula is C11H14N2O4S. The van der Waals surface area contributed by atoms with Crippen molar-refractivity contribution in [1.82, 2.24) is 10.2 Å². The number of aliphatic carboxylic acids is 1. The number of hydrogen-bond acceptors (Lipinski definition) is 4. The molecule has 2 aliphatic rings. The van der Waals surface area contributed by atoms with Gasteiger partial charge in [0.15, 0.2) is 0 Å². The van der Waals surface area contributed by atoms with Gasteiger partial charge in [0.1, 0.15) is 17.5 Å². The molecule has 0 aliphatic carbocycles. The largest absolute Gasteiger partial charge is 0.480 e. The Balaban J connectivity index is 2.12. The summed E-state index contributed by atoms with van der Waals surface area (Å²) in [7, 11) is 0. The minimum atomic E-state index is -0.991. The van der Waals surface area contributed by atoms with Gasteiger partial charge < -0.3 is 15.3 Å². The summed E-state index contributed by atoms with van der Waals surface area (Å²) >= 11 is 1.50. The number of β-lactam (4-membered cyclic amide) rings is 1. The predicted molar refractivity (Wildman–Crippen MR) is 65.8 cm³/mol. The van der Waals surface area contributed by atoms with Crippen LogP contribution < -0.4 is 5.32 Å². The van der Waals surface area contributed by atoms with E-state index in [4.69, 9.17) is 5.11 Å². The van der Waals surface area contributed by atoms with Crippen molar-refractivity contribution in [3.8, 4) is 0 Å². The van der Waals surface area contributed by atoms with Crippen LogP contribution in [-0.4, -0.2) is 51.0 Å². The summed E-state index contributed by atoms with van der Waals surface area (Å²) in [5.41, 5.74) is 0. The number of hydrogen-bond donors (Lipinski definition) is 2. The fourth-order valence-corrected chi connectivity index (χ4v) is 3.74. The monoisotopic (exact) mass is 270 g/mol. The first kappa shape index (κ1) is 12.9. The van der Waals surface area contributed by atoms with E-state index < -0.39 is 24.0 Å². The normalized spacial score (nSPS) is 34.3. The number of fused-ring (bicyclic) bond motifs is 1. The predicted octanol–water partition coefficient (Wildman–Crippen LogP) is -0.338. The van der Waals surface area contributed by atoms with E-state index in [1.165, 1.54) is 16.7 Å². The van der Waals surface area contributed by atoms with Gasteiger partial charge in [-0.05, 0) is 12.0 Å². The Morgan fingerprint density at radius 2 is 2.28 bits per heavy atom. The van der Waals surface area contributed by atoms with Crippen molar-refractivity contribution in [3.05, 3.63) is 12.7 Å². The molecule has 3 unspecified atom stereocenters. The molecule has 4 atom stereocenters. The molecule has 2 aliphatic heterocycles. The first-order valence-electron chi connectivity index (χ1n) is 5.57. The lowest BCUT2D eigenvalue weighted by Gasteiger charge is -2.53. The maximum Gasteiger partial charge on any atom is 0.326 e. The second-order valence-corrected chi connectivity index (χ2v) is 5.57. The van der Waals surface area contributed by atoms with E-state index in [2.05, 4.69) is 11.9 Å². The fraction of sp³-hybridized carbons (Fsp3) is 0.545. The third-order valence-electron chi connectivity index (χ3n) is 3.18. The van der Waals surface area contributed by atoms with Crippen LogP contribution in [0, 0.1) is 5.92 Å². The summed E-state index contributed by atoms with van der Waals surface area (Å²) < 4.78 is 0. The molecule has 6 nitrogen and oxygen atoms in total. The Kier molecular flexibility index (Phi) is 3.34. The summed E-state index contributed by atoms with van der Waals surface area (Å²) in [6, 6.07) is -1.42. The number of carbonyl (C=O) groups excluding carboxylic acids is 2. The van der Waals surface area contributed by atoms with E-state index >= 15 is 0 Å². The van der Waals surface area contributed by atoms with Gasteiger partial charge >= 0.3 is 5.97 Å². The molecule has 2 heterocycles. The maximum absolute atomic E-state index is 11.9. The third kappa shape index (κ3) is 1.88. The smallest absolute Gasteiger partial charge is 0.326 e. The molecule has 7 heteroatoms. The zero-order valence-electron chi connectivity index (χ0n) is 9.83. The van der Waals surface area contributed by atoms with Crippen molar-refractivity contribution in [2.24, 2.45) is 5.92 Å². The van der Waals surface area contributed by atoms with E-state index in [9.17, 15) is 14.4 Å². The van der Waals surface area contributed by atoms with E-state index in [1.807, 2.05) is 6.92 Å². The number of carboxylic acid groups (broad SMARTS) is 1. The number of carbonyl (C=O) groups is 3. The molecule has 0 aromatic carbocycles. The Labute approximate surface area is 108 Å². The van der Waals surface area contributed by atoms with Gasteiger partial charge in [0.2, 0.25) is 11.8 Å². The molecule has 0 spiro atoms. The number of amides is 2. The number of carboxylic acids is 1. The highest BCUT2D eigenvalue weighted by molar-refractivity contribution is 8.00. The number of rotatable bonds is 3. The summed E-state index contributed by atoms with van der Waals surface area (Å²) in [4.78, 5) is 35.6. The standard InChI is InChI=1S/C11H14N2O4S/c1-3-6(14)12-7-9(15)13-8(11(16)17)5(2)4-18-10(7)13/h3,5,7-8,10H,1,4H2,2H3,(H,12,14)(H,16,17)/t5?,7?,8?,10-/m0/s1. The topological polar surface area (TPSA) is 86.7 Å². The number of thioether (sulfide) groups is 1. The van der Waals surface area contributed by atoms with Crippen LogP contribution in [0.25, 0.3) is 0 Å². The minimum Gasteiger partial charge on any atom is -0.480 e. The Hall–Kier alpha value is -1.50. The van der Waals surface area contributed by atoms with Crippen LogP contribution in [0.1, 0.15) is 6.92 Å². The average molecular weight is 270 g/mol. The zero-order chi connectivity index (χ0) is 13.4.